The van der Waals surface area contributed by atoms with Crippen LogP contribution in [0.3, 0.4) is 0 Å². The van der Waals surface area contributed by atoms with Crippen molar-refractivity contribution in [2.75, 3.05) is 45.0 Å². The molecule has 0 radical (unpaired) electrons. The molecule has 1 heterocycles. The third-order valence-corrected chi connectivity index (χ3v) is 10.8. The fourth-order valence-electron chi connectivity index (χ4n) is 6.32. The van der Waals surface area contributed by atoms with Crippen LogP contribution in [0.2, 0.25) is 0 Å². The molecule has 380 valence electrons. The zero-order chi connectivity index (χ0) is 51.1. The molecule has 67 heavy (non-hydrogen) atoms. The number of likely N-dealkylation sites (tertiary alicyclic amines) is 1. The summed E-state index contributed by atoms with van der Waals surface area (Å²) in [5.74, 6) is -10.7. The molecule has 27 nitrogen and oxygen atoms in total. The van der Waals surface area contributed by atoms with Crippen LogP contribution in [0.1, 0.15) is 66.2 Å². The summed E-state index contributed by atoms with van der Waals surface area (Å²) in [5, 5.41) is 66.7. The quantitative estimate of drug-likeness (QED) is 0.0318. The lowest BCUT2D eigenvalue weighted by molar-refractivity contribution is -0.143. The summed E-state index contributed by atoms with van der Waals surface area (Å²) in [6.45, 7) is 1.93. The number of aliphatic hydroxyl groups excluding tert-OH is 4. The van der Waals surface area contributed by atoms with Crippen molar-refractivity contribution >= 4 is 76.8 Å². The van der Waals surface area contributed by atoms with Crippen LogP contribution in [-0.2, 0) is 52.7 Å². The number of hydrogen-bond donors (Lipinski definition) is 15. The minimum absolute atomic E-state index is 0.00137. The van der Waals surface area contributed by atoms with Gasteiger partial charge in [-0.3, -0.25) is 52.7 Å². The fourth-order valence-corrected chi connectivity index (χ4v) is 6.81. The number of carboxylic acid groups (broad SMARTS) is 1. The van der Waals surface area contributed by atoms with Crippen LogP contribution in [0.15, 0.2) is 0 Å². The van der Waals surface area contributed by atoms with E-state index in [4.69, 9.17) is 16.6 Å². The minimum atomic E-state index is -1.85. The van der Waals surface area contributed by atoms with Crippen LogP contribution in [0.25, 0.3) is 0 Å². The van der Waals surface area contributed by atoms with Gasteiger partial charge in [0.05, 0.1) is 32.5 Å². The Morgan fingerprint density at radius 2 is 1.04 bits per heavy atom. The standard InChI is InChI=1S/C39H67N11O16S/c1-18(2)13-23(45-37(63)28-7-6-11-50(28)38(64)27(17-54)49-31(57)21(40)10-12-67-5)33(59)47-26(16-53)36(62)48-25(15-52)35(61)44-22(8-9-29(41)55)32(58)42-19(3)30(56)46-24(14-51)34(60)43-20(4)39(65)66/h18-28,51-54H,6-17,40H2,1-5H3,(H2,41,55)(H,42,58)(H,43,60)(H,44,61)(H,45,63)(H,46,56)(H,47,59)(H,48,62)(H,49,57)(H,65,66)/t19-,20-,21-,22-,23-,24-,25-,26-,27-,28-/m0/s1. The van der Waals surface area contributed by atoms with Gasteiger partial charge in [0.2, 0.25) is 59.1 Å². The Hall–Kier alpha value is -5.68. The summed E-state index contributed by atoms with van der Waals surface area (Å²) in [6, 6.07) is -14.6. The Morgan fingerprint density at radius 1 is 0.597 bits per heavy atom. The van der Waals surface area contributed by atoms with E-state index in [9.17, 15) is 73.2 Å². The molecule has 10 amide bonds. The number of nitrogens with two attached hydrogens (primary N) is 2. The summed E-state index contributed by atoms with van der Waals surface area (Å²) in [5.41, 5.74) is 11.1. The van der Waals surface area contributed by atoms with E-state index in [0.29, 0.717) is 18.6 Å². The topological polar surface area (TPSA) is 440 Å². The average Bonchev–Trinajstić information content (AvgIpc) is 3.78. The average molecular weight is 978 g/mol. The number of carbonyl (C=O) groups is 11. The van der Waals surface area contributed by atoms with Crippen molar-refractivity contribution in [3.05, 3.63) is 0 Å². The first-order valence-corrected chi connectivity index (χ1v) is 22.8. The first kappa shape index (κ1) is 59.3. The number of aliphatic carboxylic acids is 1. The molecule has 0 spiro atoms. The highest BCUT2D eigenvalue weighted by Gasteiger charge is 2.40. The Morgan fingerprint density at radius 3 is 1.52 bits per heavy atom. The number of nitrogens with zero attached hydrogens (tertiary/aromatic N) is 1. The van der Waals surface area contributed by atoms with E-state index in [1.165, 1.54) is 16.7 Å². The summed E-state index contributed by atoms with van der Waals surface area (Å²) >= 11 is 1.47. The maximum atomic E-state index is 13.6. The van der Waals surface area contributed by atoms with Crippen LogP contribution in [0, 0.1) is 5.92 Å². The zero-order valence-electron chi connectivity index (χ0n) is 38.1. The van der Waals surface area contributed by atoms with E-state index in [1.54, 1.807) is 13.8 Å². The molecule has 1 fully saturated rings. The van der Waals surface area contributed by atoms with Crippen molar-refractivity contribution in [3.63, 3.8) is 0 Å². The van der Waals surface area contributed by atoms with Crippen molar-refractivity contribution in [2.24, 2.45) is 17.4 Å². The fraction of sp³-hybridized carbons (Fsp3) is 0.718. The van der Waals surface area contributed by atoms with Gasteiger partial charge in [-0.05, 0) is 63.9 Å². The lowest BCUT2D eigenvalue weighted by Crippen LogP contribution is -2.61. The third kappa shape index (κ3) is 20.0. The number of primary amides is 1. The molecule has 1 rings (SSSR count). The maximum Gasteiger partial charge on any atom is 0.325 e. The van der Waals surface area contributed by atoms with Gasteiger partial charge in [0.25, 0.3) is 0 Å². The molecule has 0 bridgehead atoms. The SMILES string of the molecule is CSCC[C@H](N)C(=O)N[C@@H](CO)C(=O)N1CCC[C@H]1C(=O)N[C@@H](CC(C)C)C(=O)N[C@@H](CO)C(=O)N[C@@H](CO)C(=O)N[C@@H](CCC(N)=O)C(=O)N[C@@H](C)C(=O)N[C@@H](CO)C(=O)N[C@@H](C)C(=O)O. The van der Waals surface area contributed by atoms with Gasteiger partial charge in [0.15, 0.2) is 0 Å². The van der Waals surface area contributed by atoms with Crippen molar-refractivity contribution in [1.29, 1.82) is 0 Å². The van der Waals surface area contributed by atoms with E-state index >= 15 is 0 Å². The van der Waals surface area contributed by atoms with Gasteiger partial charge in [0.1, 0.15) is 54.4 Å². The largest absolute Gasteiger partial charge is 0.480 e. The Bertz CT molecular complexity index is 1760. The number of carboxylic acids is 1. The lowest BCUT2D eigenvalue weighted by Gasteiger charge is -2.30. The van der Waals surface area contributed by atoms with Crippen molar-refractivity contribution in [3.8, 4) is 0 Å². The van der Waals surface area contributed by atoms with Crippen LogP contribution < -0.4 is 54.0 Å². The second-order valence-corrected chi connectivity index (χ2v) is 17.1. The van der Waals surface area contributed by atoms with Crippen molar-refractivity contribution in [2.45, 2.75) is 127 Å². The van der Waals surface area contributed by atoms with Gasteiger partial charge >= 0.3 is 5.97 Å². The summed E-state index contributed by atoms with van der Waals surface area (Å²) < 4.78 is 0. The third-order valence-electron chi connectivity index (χ3n) is 10.2. The van der Waals surface area contributed by atoms with Gasteiger partial charge in [-0.15, -0.1) is 0 Å². The molecule has 0 saturated carbocycles. The normalized spacial score (nSPS) is 17.4. The molecule has 0 aliphatic carbocycles. The van der Waals surface area contributed by atoms with Crippen LogP contribution in [-0.4, -0.2) is 201 Å². The number of carbonyl (C=O) groups excluding carboxylic acids is 10. The molecular formula is C39H67N11O16S. The molecule has 1 aliphatic heterocycles. The molecular weight excluding hydrogens is 911 g/mol. The molecule has 17 N–H and O–H groups in total. The van der Waals surface area contributed by atoms with Crippen LogP contribution >= 0.6 is 11.8 Å². The number of thioether (sulfide) groups is 1. The molecule has 1 saturated heterocycles. The molecule has 28 heteroatoms. The van der Waals surface area contributed by atoms with E-state index in [-0.39, 0.29) is 25.3 Å². The highest BCUT2D eigenvalue weighted by atomic mass is 32.2. The number of rotatable bonds is 30. The van der Waals surface area contributed by atoms with E-state index < -0.39 is 165 Å². The van der Waals surface area contributed by atoms with Gasteiger partial charge in [-0.1, -0.05) is 13.8 Å². The van der Waals surface area contributed by atoms with Crippen LogP contribution in [0.4, 0.5) is 0 Å². The molecule has 10 atom stereocenters. The number of nitrogens with one attached hydrogen (secondary N) is 8. The van der Waals surface area contributed by atoms with Gasteiger partial charge in [-0.25, -0.2) is 0 Å². The minimum Gasteiger partial charge on any atom is -0.480 e. The number of aliphatic hydroxyl groups is 4. The van der Waals surface area contributed by atoms with Crippen molar-refractivity contribution < 1.29 is 78.3 Å². The van der Waals surface area contributed by atoms with Crippen molar-refractivity contribution in [1.82, 2.24) is 47.4 Å². The summed E-state index contributed by atoms with van der Waals surface area (Å²) in [4.78, 5) is 142. The molecule has 1 aliphatic rings. The molecule has 0 aromatic rings. The second kappa shape index (κ2) is 29.9. The predicted molar refractivity (Wildman–Crippen MR) is 236 cm³/mol. The highest BCUT2D eigenvalue weighted by Crippen LogP contribution is 2.20. The monoisotopic (exact) mass is 977 g/mol. The lowest BCUT2D eigenvalue weighted by atomic mass is 10.0. The maximum absolute atomic E-state index is 13.6. The van der Waals surface area contributed by atoms with E-state index in [2.05, 4.69) is 42.5 Å². The predicted octanol–water partition coefficient (Wildman–Crippen LogP) is -7.66. The smallest absolute Gasteiger partial charge is 0.325 e. The van der Waals surface area contributed by atoms with E-state index in [1.807, 2.05) is 6.26 Å². The molecule has 0 aromatic carbocycles. The first-order valence-electron chi connectivity index (χ1n) is 21.4. The van der Waals surface area contributed by atoms with Gasteiger partial charge in [-0.2, -0.15) is 11.8 Å². The summed E-state index contributed by atoms with van der Waals surface area (Å²) in [7, 11) is 0. The van der Waals surface area contributed by atoms with Gasteiger partial charge in [0, 0.05) is 13.0 Å². The second-order valence-electron chi connectivity index (χ2n) is 16.1. The number of hydrogen-bond acceptors (Lipinski definition) is 17. The molecule has 0 aromatic heterocycles. The molecule has 0 unspecified atom stereocenters. The Balaban J connectivity index is 3.09. The Kier molecular flexibility index (Phi) is 26.4. The first-order chi connectivity index (χ1) is 31.5. The zero-order valence-corrected chi connectivity index (χ0v) is 38.9. The van der Waals surface area contributed by atoms with E-state index in [0.717, 1.165) is 13.8 Å². The number of amides is 10. The van der Waals surface area contributed by atoms with Gasteiger partial charge < -0.3 is 84.4 Å². The summed E-state index contributed by atoms with van der Waals surface area (Å²) in [6.07, 6.45) is 1.74. The highest BCUT2D eigenvalue weighted by molar-refractivity contribution is 7.98. The Labute approximate surface area is 390 Å². The van der Waals surface area contributed by atoms with Crippen LogP contribution in [0.5, 0.6) is 0 Å².